The third-order valence-electron chi connectivity index (χ3n) is 2.36. The standard InChI is InChI=1S/C12H21N5O2S/c1-5-14-10(18)7(4)16-11(19)8-9(13)17-12(20-8)15-6(2)3/h6-7H,5,13H2,1-4H3,(H,14,18)(H,15,17)(H,16,19). The van der Waals surface area contributed by atoms with Crippen LogP contribution in [0.3, 0.4) is 0 Å². The van der Waals surface area contributed by atoms with Crippen molar-refractivity contribution in [2.45, 2.75) is 39.8 Å². The van der Waals surface area contributed by atoms with Crippen molar-refractivity contribution in [3.05, 3.63) is 4.88 Å². The number of nitrogens with zero attached hydrogens (tertiary/aromatic N) is 1. The molecule has 20 heavy (non-hydrogen) atoms. The number of carbonyl (C=O) groups excluding carboxylic acids is 2. The lowest BCUT2D eigenvalue weighted by atomic mass is 10.3. The SMILES string of the molecule is CCNC(=O)C(C)NC(=O)c1sc(NC(C)C)nc1N. The Balaban J connectivity index is 2.72. The maximum Gasteiger partial charge on any atom is 0.265 e. The first-order chi connectivity index (χ1) is 9.35. The van der Waals surface area contributed by atoms with Crippen LogP contribution in [0.1, 0.15) is 37.4 Å². The minimum absolute atomic E-state index is 0.166. The predicted molar refractivity (Wildman–Crippen MR) is 80.9 cm³/mol. The fraction of sp³-hybridized carbons (Fsp3) is 0.583. The van der Waals surface area contributed by atoms with E-state index in [-0.39, 0.29) is 17.8 Å². The van der Waals surface area contributed by atoms with Gasteiger partial charge >= 0.3 is 0 Å². The van der Waals surface area contributed by atoms with Gasteiger partial charge in [0, 0.05) is 12.6 Å². The summed E-state index contributed by atoms with van der Waals surface area (Å²) in [5, 5.41) is 8.91. The van der Waals surface area contributed by atoms with Crippen molar-refractivity contribution in [1.82, 2.24) is 15.6 Å². The maximum atomic E-state index is 12.1. The number of aromatic nitrogens is 1. The van der Waals surface area contributed by atoms with Gasteiger partial charge in [0.05, 0.1) is 0 Å². The predicted octanol–water partition coefficient (Wildman–Crippen LogP) is 0.800. The van der Waals surface area contributed by atoms with Gasteiger partial charge in [0.1, 0.15) is 16.7 Å². The van der Waals surface area contributed by atoms with Crippen molar-refractivity contribution in [2.24, 2.45) is 0 Å². The molecular weight excluding hydrogens is 278 g/mol. The van der Waals surface area contributed by atoms with Gasteiger partial charge in [0.2, 0.25) is 5.91 Å². The second kappa shape index (κ2) is 7.09. The molecule has 2 amide bonds. The number of anilines is 2. The Labute approximate surface area is 122 Å². The molecule has 0 aliphatic rings. The van der Waals surface area contributed by atoms with Crippen LogP contribution in [-0.2, 0) is 4.79 Å². The zero-order chi connectivity index (χ0) is 15.3. The van der Waals surface area contributed by atoms with Crippen LogP contribution in [0.2, 0.25) is 0 Å². The number of thiazole rings is 1. The Morgan fingerprint density at radius 1 is 1.35 bits per heavy atom. The lowest BCUT2D eigenvalue weighted by molar-refractivity contribution is -0.122. The molecule has 1 aromatic rings. The average molecular weight is 299 g/mol. The van der Waals surface area contributed by atoms with Crippen molar-refractivity contribution >= 4 is 34.1 Å². The molecule has 7 nitrogen and oxygen atoms in total. The number of carbonyl (C=O) groups is 2. The number of likely N-dealkylation sites (N-methyl/N-ethyl adjacent to an activating group) is 1. The topological polar surface area (TPSA) is 109 Å². The Kier molecular flexibility index (Phi) is 5.75. The van der Waals surface area contributed by atoms with Gasteiger partial charge in [-0.1, -0.05) is 11.3 Å². The van der Waals surface area contributed by atoms with E-state index in [4.69, 9.17) is 5.73 Å². The minimum Gasteiger partial charge on any atom is -0.382 e. The number of nitrogens with one attached hydrogen (secondary N) is 3. The Hall–Kier alpha value is -1.83. The van der Waals surface area contributed by atoms with Gasteiger partial charge in [-0.05, 0) is 27.7 Å². The molecule has 0 aliphatic heterocycles. The second-order valence-corrected chi connectivity index (χ2v) is 5.62. The largest absolute Gasteiger partial charge is 0.382 e. The second-order valence-electron chi connectivity index (χ2n) is 4.62. The van der Waals surface area contributed by atoms with E-state index in [0.717, 1.165) is 0 Å². The molecule has 0 aliphatic carbocycles. The smallest absolute Gasteiger partial charge is 0.265 e. The molecule has 5 N–H and O–H groups in total. The quantitative estimate of drug-likeness (QED) is 0.621. The van der Waals surface area contributed by atoms with Gasteiger partial charge in [0.15, 0.2) is 5.13 Å². The molecule has 0 radical (unpaired) electrons. The molecule has 0 bridgehead atoms. The first-order valence-corrected chi connectivity index (χ1v) is 7.28. The van der Waals surface area contributed by atoms with Crippen LogP contribution in [0.15, 0.2) is 0 Å². The summed E-state index contributed by atoms with van der Waals surface area (Å²) in [6.45, 7) is 7.89. The minimum atomic E-state index is -0.620. The molecule has 0 spiro atoms. The van der Waals surface area contributed by atoms with Crippen LogP contribution in [-0.4, -0.2) is 35.4 Å². The molecule has 0 fully saturated rings. The van der Waals surface area contributed by atoms with Crippen molar-refractivity contribution in [1.29, 1.82) is 0 Å². The fourth-order valence-electron chi connectivity index (χ4n) is 1.46. The summed E-state index contributed by atoms with van der Waals surface area (Å²) in [4.78, 5) is 28.0. The summed E-state index contributed by atoms with van der Waals surface area (Å²) < 4.78 is 0. The van der Waals surface area contributed by atoms with Gasteiger partial charge < -0.3 is 21.7 Å². The Morgan fingerprint density at radius 3 is 2.55 bits per heavy atom. The summed E-state index contributed by atoms with van der Waals surface area (Å²) in [6, 6.07) is -0.420. The van der Waals surface area contributed by atoms with Crippen molar-refractivity contribution in [3.63, 3.8) is 0 Å². The van der Waals surface area contributed by atoms with Crippen LogP contribution in [0, 0.1) is 0 Å². The van der Waals surface area contributed by atoms with Gasteiger partial charge in [-0.15, -0.1) is 0 Å². The number of rotatable bonds is 6. The van der Waals surface area contributed by atoms with E-state index >= 15 is 0 Å². The van der Waals surface area contributed by atoms with Crippen LogP contribution in [0.4, 0.5) is 10.9 Å². The molecule has 0 saturated heterocycles. The lowest BCUT2D eigenvalue weighted by Gasteiger charge is -2.12. The molecule has 1 rings (SSSR count). The number of nitrogens with two attached hydrogens (primary N) is 1. The lowest BCUT2D eigenvalue weighted by Crippen LogP contribution is -2.44. The first kappa shape index (κ1) is 16.2. The van der Waals surface area contributed by atoms with E-state index in [0.29, 0.717) is 16.6 Å². The number of amides is 2. The molecular formula is C12H21N5O2S. The average Bonchev–Trinajstić information content (AvgIpc) is 2.69. The summed E-state index contributed by atoms with van der Waals surface area (Å²) in [7, 11) is 0. The van der Waals surface area contributed by atoms with Crippen LogP contribution in [0.5, 0.6) is 0 Å². The van der Waals surface area contributed by atoms with Crippen molar-refractivity contribution in [3.8, 4) is 0 Å². The number of nitrogen functional groups attached to an aromatic ring is 1. The highest BCUT2D eigenvalue weighted by atomic mass is 32.1. The highest BCUT2D eigenvalue weighted by Crippen LogP contribution is 2.25. The first-order valence-electron chi connectivity index (χ1n) is 6.46. The monoisotopic (exact) mass is 299 g/mol. The molecule has 1 unspecified atom stereocenters. The summed E-state index contributed by atoms with van der Waals surface area (Å²) in [6.07, 6.45) is 0. The van der Waals surface area contributed by atoms with E-state index in [1.807, 2.05) is 20.8 Å². The van der Waals surface area contributed by atoms with Crippen LogP contribution < -0.4 is 21.7 Å². The summed E-state index contributed by atoms with van der Waals surface area (Å²) >= 11 is 1.17. The molecule has 1 atom stereocenters. The molecule has 0 saturated carbocycles. The van der Waals surface area contributed by atoms with E-state index in [2.05, 4.69) is 20.9 Å². The van der Waals surface area contributed by atoms with E-state index in [1.165, 1.54) is 11.3 Å². The highest BCUT2D eigenvalue weighted by molar-refractivity contribution is 7.18. The Morgan fingerprint density at radius 2 is 2.00 bits per heavy atom. The molecule has 112 valence electrons. The van der Waals surface area contributed by atoms with Crippen LogP contribution in [0.25, 0.3) is 0 Å². The third-order valence-corrected chi connectivity index (χ3v) is 3.36. The number of hydrogen-bond donors (Lipinski definition) is 4. The van der Waals surface area contributed by atoms with E-state index in [1.54, 1.807) is 6.92 Å². The van der Waals surface area contributed by atoms with E-state index < -0.39 is 11.9 Å². The summed E-state index contributed by atoms with van der Waals surface area (Å²) in [5.74, 6) is -0.459. The highest BCUT2D eigenvalue weighted by Gasteiger charge is 2.20. The van der Waals surface area contributed by atoms with Gasteiger partial charge in [-0.2, -0.15) is 0 Å². The van der Waals surface area contributed by atoms with Gasteiger partial charge in [-0.25, -0.2) is 4.98 Å². The number of hydrogen-bond acceptors (Lipinski definition) is 6. The zero-order valence-corrected chi connectivity index (χ0v) is 12.9. The Bertz CT molecular complexity index is 486. The fourth-order valence-corrected chi connectivity index (χ4v) is 2.39. The van der Waals surface area contributed by atoms with Crippen molar-refractivity contribution in [2.75, 3.05) is 17.6 Å². The summed E-state index contributed by atoms with van der Waals surface area (Å²) in [5.41, 5.74) is 5.73. The normalized spacial score (nSPS) is 12.1. The zero-order valence-electron chi connectivity index (χ0n) is 12.1. The molecule has 0 aromatic carbocycles. The van der Waals surface area contributed by atoms with Crippen molar-refractivity contribution < 1.29 is 9.59 Å². The maximum absolute atomic E-state index is 12.1. The van der Waals surface area contributed by atoms with Crippen LogP contribution >= 0.6 is 11.3 Å². The van der Waals surface area contributed by atoms with Gasteiger partial charge in [0.25, 0.3) is 5.91 Å². The third kappa shape index (κ3) is 4.37. The van der Waals surface area contributed by atoms with Gasteiger partial charge in [-0.3, -0.25) is 9.59 Å². The molecule has 1 aromatic heterocycles. The molecule has 8 heteroatoms. The molecule has 1 heterocycles. The van der Waals surface area contributed by atoms with E-state index in [9.17, 15) is 9.59 Å².